The summed E-state index contributed by atoms with van der Waals surface area (Å²) < 4.78 is 24.4. The number of aryl methyl sites for hydroxylation is 1. The third kappa shape index (κ3) is 3.73. The molecule has 0 radical (unpaired) electrons. The highest BCUT2D eigenvalue weighted by atomic mass is 19.1. The molecule has 6 heteroatoms. The van der Waals surface area contributed by atoms with Crippen molar-refractivity contribution >= 4 is 11.0 Å². The Hall–Kier alpha value is -3.41. The molecule has 0 saturated heterocycles. The maximum absolute atomic E-state index is 15.6. The Morgan fingerprint density at radius 2 is 1.87 bits per heavy atom. The van der Waals surface area contributed by atoms with E-state index in [-0.39, 0.29) is 11.1 Å². The van der Waals surface area contributed by atoms with E-state index in [1.807, 2.05) is 24.3 Å². The molecule has 0 spiro atoms. The second-order valence-electron chi connectivity index (χ2n) is 8.58. The van der Waals surface area contributed by atoms with Crippen molar-refractivity contribution in [1.82, 2.24) is 14.1 Å². The molecule has 0 atom stereocenters. The van der Waals surface area contributed by atoms with Gasteiger partial charge in [0, 0.05) is 31.4 Å². The highest BCUT2D eigenvalue weighted by molar-refractivity contribution is 5.84. The number of hydrogen-bond donors (Lipinski definition) is 0. The first kappa shape index (κ1) is 19.9. The Morgan fingerprint density at radius 3 is 2.57 bits per heavy atom. The minimum Gasteiger partial charge on any atom is -0.439 e. The average Bonchev–Trinajstić information content (AvgIpc) is 2.93. The number of hydrogen-bond acceptors (Lipinski definition) is 3. The molecule has 4 rings (SSSR count). The van der Waals surface area contributed by atoms with Crippen LogP contribution in [0, 0.1) is 11.2 Å². The van der Waals surface area contributed by atoms with E-state index in [0.717, 1.165) is 0 Å². The quantitative estimate of drug-likeness (QED) is 0.458. The van der Waals surface area contributed by atoms with Gasteiger partial charge in [-0.2, -0.15) is 0 Å². The van der Waals surface area contributed by atoms with Gasteiger partial charge in [0.2, 0.25) is 5.88 Å². The van der Waals surface area contributed by atoms with E-state index in [1.54, 1.807) is 48.1 Å². The molecule has 0 amide bonds. The average molecular weight is 405 g/mol. The van der Waals surface area contributed by atoms with Crippen LogP contribution in [0.3, 0.4) is 0 Å². The van der Waals surface area contributed by atoms with Gasteiger partial charge in [-0.1, -0.05) is 39.0 Å². The lowest BCUT2D eigenvalue weighted by Crippen LogP contribution is -2.27. The zero-order valence-electron chi connectivity index (χ0n) is 17.5. The van der Waals surface area contributed by atoms with Crippen LogP contribution in [0.2, 0.25) is 0 Å². The number of nitrogens with zero attached hydrogens (tertiary/aromatic N) is 3. The first-order valence-corrected chi connectivity index (χ1v) is 9.82. The lowest BCUT2D eigenvalue weighted by molar-refractivity contribution is 0.342. The molecule has 2 aromatic heterocycles. The summed E-state index contributed by atoms with van der Waals surface area (Å²) in [5.41, 5.74) is 1.65. The molecule has 0 fully saturated rings. The minimum atomic E-state index is -0.422. The standard InChI is InChI=1S/C24H24FN3O2/c1-24(2,3)15-28-19-12-11-18(21(25)22(19)27(4)23(28)29)16-8-7-9-17(14-16)30-20-10-5-6-13-26-20/h5-14H,15H2,1-4H3. The van der Waals surface area contributed by atoms with Gasteiger partial charge in [-0.3, -0.25) is 9.13 Å². The van der Waals surface area contributed by atoms with Crippen molar-refractivity contribution < 1.29 is 9.13 Å². The minimum absolute atomic E-state index is 0.107. The predicted octanol–water partition coefficient (Wildman–Crippen LogP) is 5.38. The van der Waals surface area contributed by atoms with Crippen LogP contribution in [0.25, 0.3) is 22.2 Å². The van der Waals surface area contributed by atoms with Gasteiger partial charge in [-0.15, -0.1) is 0 Å². The maximum Gasteiger partial charge on any atom is 0.328 e. The van der Waals surface area contributed by atoms with Gasteiger partial charge < -0.3 is 4.74 Å². The van der Waals surface area contributed by atoms with Gasteiger partial charge in [0.05, 0.1) is 5.52 Å². The zero-order chi connectivity index (χ0) is 21.5. The van der Waals surface area contributed by atoms with Gasteiger partial charge >= 0.3 is 5.69 Å². The molecule has 0 unspecified atom stereocenters. The lowest BCUT2D eigenvalue weighted by atomic mass is 9.97. The summed E-state index contributed by atoms with van der Waals surface area (Å²) in [7, 11) is 1.61. The molecule has 2 aromatic carbocycles. The Morgan fingerprint density at radius 1 is 1.07 bits per heavy atom. The van der Waals surface area contributed by atoms with Crippen molar-refractivity contribution in [1.29, 1.82) is 0 Å². The first-order valence-electron chi connectivity index (χ1n) is 9.82. The predicted molar refractivity (Wildman–Crippen MR) is 116 cm³/mol. The van der Waals surface area contributed by atoms with E-state index < -0.39 is 5.82 Å². The van der Waals surface area contributed by atoms with Gasteiger partial charge in [0.1, 0.15) is 11.3 Å². The summed E-state index contributed by atoms with van der Waals surface area (Å²) >= 11 is 0. The molecule has 154 valence electrons. The van der Waals surface area contributed by atoms with Crippen LogP contribution in [0.1, 0.15) is 20.8 Å². The molecule has 0 N–H and O–H groups in total. The van der Waals surface area contributed by atoms with E-state index in [0.29, 0.717) is 40.3 Å². The molecule has 0 aliphatic rings. The van der Waals surface area contributed by atoms with Crippen molar-refractivity contribution in [3.63, 3.8) is 0 Å². The summed E-state index contributed by atoms with van der Waals surface area (Å²) in [4.78, 5) is 16.9. The smallest absolute Gasteiger partial charge is 0.328 e. The molecule has 0 aliphatic carbocycles. The summed E-state index contributed by atoms with van der Waals surface area (Å²) in [5, 5.41) is 0. The number of halogens is 1. The molecule has 0 aliphatic heterocycles. The molecular weight excluding hydrogens is 381 g/mol. The van der Waals surface area contributed by atoms with Crippen LogP contribution in [-0.4, -0.2) is 14.1 Å². The summed E-state index contributed by atoms with van der Waals surface area (Å²) in [6.45, 7) is 6.66. The molecule has 30 heavy (non-hydrogen) atoms. The SMILES string of the molecule is Cn1c(=O)n(CC(C)(C)C)c2ccc(-c3cccc(Oc4ccccn4)c3)c(F)c21. The normalized spacial score (nSPS) is 11.8. The monoisotopic (exact) mass is 405 g/mol. The molecule has 2 heterocycles. The van der Waals surface area contributed by atoms with Crippen LogP contribution in [-0.2, 0) is 13.6 Å². The van der Waals surface area contributed by atoms with E-state index >= 15 is 4.39 Å². The fourth-order valence-corrected chi connectivity index (χ4v) is 3.58. The summed E-state index contributed by atoms with van der Waals surface area (Å²) in [6.07, 6.45) is 1.65. The van der Waals surface area contributed by atoms with E-state index in [9.17, 15) is 4.79 Å². The Kier molecular flexibility index (Phi) is 4.94. The zero-order valence-corrected chi connectivity index (χ0v) is 17.5. The van der Waals surface area contributed by atoms with E-state index in [1.165, 1.54) is 4.57 Å². The second kappa shape index (κ2) is 7.44. The molecule has 4 aromatic rings. The number of imidazole rings is 1. The highest BCUT2D eigenvalue weighted by Gasteiger charge is 2.21. The van der Waals surface area contributed by atoms with Crippen LogP contribution >= 0.6 is 0 Å². The van der Waals surface area contributed by atoms with Crippen molar-refractivity contribution in [2.24, 2.45) is 12.5 Å². The van der Waals surface area contributed by atoms with E-state index in [2.05, 4.69) is 25.8 Å². The van der Waals surface area contributed by atoms with Crippen LogP contribution in [0.15, 0.2) is 65.6 Å². The topological polar surface area (TPSA) is 49.0 Å². The van der Waals surface area contributed by atoms with Crippen molar-refractivity contribution in [3.8, 4) is 22.8 Å². The third-order valence-corrected chi connectivity index (χ3v) is 4.88. The molecule has 0 bridgehead atoms. The highest BCUT2D eigenvalue weighted by Crippen LogP contribution is 2.32. The number of rotatable bonds is 4. The van der Waals surface area contributed by atoms with E-state index in [4.69, 9.17) is 4.74 Å². The fourth-order valence-electron chi connectivity index (χ4n) is 3.58. The number of pyridine rings is 1. The molecule has 0 saturated carbocycles. The molecule has 5 nitrogen and oxygen atoms in total. The van der Waals surface area contributed by atoms with Gasteiger partial charge in [0.25, 0.3) is 0 Å². The Labute approximate surface area is 174 Å². The van der Waals surface area contributed by atoms with Crippen LogP contribution in [0.5, 0.6) is 11.6 Å². The van der Waals surface area contributed by atoms with Crippen molar-refractivity contribution in [2.45, 2.75) is 27.3 Å². The van der Waals surface area contributed by atoms with Crippen molar-refractivity contribution in [2.75, 3.05) is 0 Å². The fraction of sp³-hybridized carbons (Fsp3) is 0.250. The lowest BCUT2D eigenvalue weighted by Gasteiger charge is -2.18. The number of fused-ring (bicyclic) bond motifs is 1. The number of aromatic nitrogens is 3. The second-order valence-corrected chi connectivity index (χ2v) is 8.58. The van der Waals surface area contributed by atoms with Crippen LogP contribution < -0.4 is 10.4 Å². The van der Waals surface area contributed by atoms with Gasteiger partial charge in [-0.25, -0.2) is 14.2 Å². The first-order chi connectivity index (χ1) is 14.2. The molecular formula is C24H24FN3O2. The Bertz CT molecular complexity index is 1270. The van der Waals surface area contributed by atoms with Gasteiger partial charge in [-0.05, 0) is 41.3 Å². The van der Waals surface area contributed by atoms with Crippen molar-refractivity contribution in [3.05, 3.63) is 77.1 Å². The van der Waals surface area contributed by atoms with Crippen LogP contribution in [0.4, 0.5) is 4.39 Å². The third-order valence-electron chi connectivity index (χ3n) is 4.88. The largest absolute Gasteiger partial charge is 0.439 e. The number of benzene rings is 2. The Balaban J connectivity index is 1.79. The summed E-state index contributed by atoms with van der Waals surface area (Å²) in [5.74, 6) is 0.604. The number of ether oxygens (including phenoxy) is 1. The summed E-state index contributed by atoms with van der Waals surface area (Å²) in [6, 6.07) is 16.1. The van der Waals surface area contributed by atoms with Gasteiger partial charge in [0.15, 0.2) is 5.82 Å². The maximum atomic E-state index is 15.6.